The van der Waals surface area contributed by atoms with Crippen molar-refractivity contribution in [1.29, 1.82) is 0 Å². The molecule has 0 aliphatic carbocycles. The van der Waals surface area contributed by atoms with Crippen LogP contribution >= 0.6 is 0 Å². The van der Waals surface area contributed by atoms with Crippen LogP contribution in [0, 0.1) is 6.92 Å². The average Bonchev–Trinajstić information content (AvgIpc) is 2.71. The first kappa shape index (κ1) is 9.64. The van der Waals surface area contributed by atoms with Gasteiger partial charge >= 0.3 is 0 Å². The van der Waals surface area contributed by atoms with Gasteiger partial charge < -0.3 is 9.84 Å². The summed E-state index contributed by atoms with van der Waals surface area (Å²) >= 11 is 0. The van der Waals surface area contributed by atoms with E-state index in [0.29, 0.717) is 5.82 Å². The van der Waals surface area contributed by atoms with E-state index in [1.54, 1.807) is 6.20 Å². The molecule has 5 heteroatoms. The smallest absolute Gasteiger partial charge is 0.213 e. The first-order valence-electron chi connectivity index (χ1n) is 4.76. The molecule has 0 atom stereocenters. The van der Waals surface area contributed by atoms with Crippen molar-refractivity contribution in [2.24, 2.45) is 0 Å². The molecule has 2 heterocycles. The minimum absolute atomic E-state index is 0.716. The van der Waals surface area contributed by atoms with Crippen molar-refractivity contribution in [3.05, 3.63) is 36.2 Å². The van der Waals surface area contributed by atoms with Crippen molar-refractivity contribution >= 4 is 5.69 Å². The second-order valence-electron chi connectivity index (χ2n) is 3.21. The van der Waals surface area contributed by atoms with Gasteiger partial charge in [0.15, 0.2) is 5.82 Å². The number of nitrogens with one attached hydrogen (secondary N) is 1. The largest absolute Gasteiger partial charge is 0.384 e. The number of hydrogen-bond donors (Lipinski definition) is 1. The van der Waals surface area contributed by atoms with Gasteiger partial charge in [0.2, 0.25) is 6.39 Å². The fourth-order valence-electron chi connectivity index (χ4n) is 1.28. The number of aromatic nitrogens is 3. The van der Waals surface area contributed by atoms with E-state index in [1.165, 1.54) is 6.39 Å². The predicted octanol–water partition coefficient (Wildman–Crippen LogP) is 1.43. The van der Waals surface area contributed by atoms with E-state index in [9.17, 15) is 0 Å². The van der Waals surface area contributed by atoms with Crippen molar-refractivity contribution in [2.45, 2.75) is 13.3 Å². The van der Waals surface area contributed by atoms with Gasteiger partial charge in [-0.15, -0.1) is 0 Å². The van der Waals surface area contributed by atoms with Crippen molar-refractivity contribution in [2.75, 3.05) is 11.9 Å². The lowest BCUT2D eigenvalue weighted by atomic mass is 10.3. The molecule has 0 fully saturated rings. The van der Waals surface area contributed by atoms with Crippen LogP contribution in [0.2, 0.25) is 0 Å². The molecule has 78 valence electrons. The molecular weight excluding hydrogens is 192 g/mol. The first-order chi connectivity index (χ1) is 7.34. The van der Waals surface area contributed by atoms with E-state index in [2.05, 4.69) is 25.0 Å². The monoisotopic (exact) mass is 204 g/mol. The normalized spacial score (nSPS) is 10.2. The first-order valence-corrected chi connectivity index (χ1v) is 4.76. The molecule has 2 aromatic rings. The lowest BCUT2D eigenvalue weighted by Crippen LogP contribution is -2.06. The zero-order chi connectivity index (χ0) is 10.5. The van der Waals surface area contributed by atoms with E-state index in [4.69, 9.17) is 0 Å². The molecule has 15 heavy (non-hydrogen) atoms. The predicted molar refractivity (Wildman–Crippen MR) is 55.5 cm³/mol. The van der Waals surface area contributed by atoms with Crippen LogP contribution in [0.25, 0.3) is 0 Å². The maximum absolute atomic E-state index is 4.64. The van der Waals surface area contributed by atoms with E-state index in [-0.39, 0.29) is 0 Å². The third kappa shape index (κ3) is 2.77. The molecule has 0 aliphatic rings. The third-order valence-corrected chi connectivity index (χ3v) is 1.98. The summed E-state index contributed by atoms with van der Waals surface area (Å²) in [6.45, 7) is 2.74. The topological polar surface area (TPSA) is 63.8 Å². The summed E-state index contributed by atoms with van der Waals surface area (Å²) in [6.07, 6.45) is 3.87. The third-order valence-electron chi connectivity index (χ3n) is 1.98. The van der Waals surface area contributed by atoms with E-state index >= 15 is 0 Å². The van der Waals surface area contributed by atoms with Crippen LogP contribution in [-0.4, -0.2) is 21.7 Å². The summed E-state index contributed by atoms with van der Waals surface area (Å²) in [4.78, 5) is 8.05. The Hall–Kier alpha value is -1.91. The van der Waals surface area contributed by atoms with Crippen molar-refractivity contribution in [3.8, 4) is 0 Å². The van der Waals surface area contributed by atoms with Gasteiger partial charge in [-0.25, -0.2) is 0 Å². The molecule has 0 unspecified atom stereocenters. The zero-order valence-electron chi connectivity index (χ0n) is 8.47. The zero-order valence-corrected chi connectivity index (χ0v) is 8.47. The summed E-state index contributed by atoms with van der Waals surface area (Å²) in [6, 6.07) is 3.93. The summed E-state index contributed by atoms with van der Waals surface area (Å²) in [5, 5.41) is 6.99. The van der Waals surface area contributed by atoms with E-state index in [1.807, 2.05) is 19.1 Å². The molecule has 1 N–H and O–H groups in total. The fraction of sp³-hybridized carbons (Fsp3) is 0.300. The second-order valence-corrected chi connectivity index (χ2v) is 3.21. The molecule has 0 spiro atoms. The lowest BCUT2D eigenvalue weighted by molar-refractivity contribution is 0.410. The number of pyridine rings is 1. The summed E-state index contributed by atoms with van der Waals surface area (Å²) in [5.74, 6) is 0.716. The van der Waals surface area contributed by atoms with E-state index in [0.717, 1.165) is 24.3 Å². The van der Waals surface area contributed by atoms with Gasteiger partial charge in [0.05, 0.1) is 0 Å². The van der Waals surface area contributed by atoms with Crippen LogP contribution in [0.4, 0.5) is 5.69 Å². The molecular formula is C10H12N4O. The van der Waals surface area contributed by atoms with Crippen LogP contribution in [-0.2, 0) is 6.42 Å². The maximum atomic E-state index is 4.64. The Morgan fingerprint density at radius 1 is 1.40 bits per heavy atom. The number of aryl methyl sites for hydroxylation is 1. The molecule has 5 nitrogen and oxygen atoms in total. The molecule has 0 amide bonds. The number of anilines is 1. The Balaban J connectivity index is 1.83. The summed E-state index contributed by atoms with van der Waals surface area (Å²) in [7, 11) is 0. The Kier molecular flexibility index (Phi) is 2.92. The second kappa shape index (κ2) is 4.54. The van der Waals surface area contributed by atoms with Crippen LogP contribution in [0.1, 0.15) is 11.5 Å². The molecule has 0 bridgehead atoms. The molecule has 2 aromatic heterocycles. The quantitative estimate of drug-likeness (QED) is 0.816. The van der Waals surface area contributed by atoms with Crippen LogP contribution < -0.4 is 5.32 Å². The number of nitrogens with zero attached hydrogens (tertiary/aromatic N) is 3. The molecule has 0 radical (unpaired) electrons. The number of hydrogen-bond acceptors (Lipinski definition) is 5. The molecule has 2 rings (SSSR count). The fourth-order valence-corrected chi connectivity index (χ4v) is 1.28. The van der Waals surface area contributed by atoms with Crippen molar-refractivity contribution in [3.63, 3.8) is 0 Å². The molecule has 0 saturated heterocycles. The highest BCUT2D eigenvalue weighted by Crippen LogP contribution is 2.06. The van der Waals surface area contributed by atoms with Gasteiger partial charge in [0.1, 0.15) is 0 Å². The highest BCUT2D eigenvalue weighted by atomic mass is 16.5. The van der Waals surface area contributed by atoms with Gasteiger partial charge in [-0.3, -0.25) is 4.98 Å². The summed E-state index contributed by atoms with van der Waals surface area (Å²) < 4.78 is 4.64. The Labute approximate surface area is 87.5 Å². The Morgan fingerprint density at radius 2 is 2.33 bits per heavy atom. The van der Waals surface area contributed by atoms with Crippen LogP contribution in [0.15, 0.2) is 29.2 Å². The van der Waals surface area contributed by atoms with Crippen molar-refractivity contribution in [1.82, 2.24) is 15.1 Å². The SMILES string of the molecule is Cc1cc(NCCc2ncon2)ccn1. The number of rotatable bonds is 4. The highest BCUT2D eigenvalue weighted by Gasteiger charge is 1.98. The Morgan fingerprint density at radius 3 is 3.07 bits per heavy atom. The standard InChI is InChI=1S/C10H12N4O/c1-8-6-9(2-4-11-8)12-5-3-10-13-7-15-14-10/h2,4,6-7H,3,5H2,1H3,(H,11,12). The maximum Gasteiger partial charge on any atom is 0.213 e. The van der Waals surface area contributed by atoms with Gasteiger partial charge in [-0.2, -0.15) is 4.98 Å². The van der Waals surface area contributed by atoms with Gasteiger partial charge in [-0.05, 0) is 19.1 Å². The van der Waals surface area contributed by atoms with Gasteiger partial charge in [0, 0.05) is 30.5 Å². The minimum Gasteiger partial charge on any atom is -0.384 e. The lowest BCUT2D eigenvalue weighted by Gasteiger charge is -2.04. The minimum atomic E-state index is 0.716. The van der Waals surface area contributed by atoms with Gasteiger partial charge in [-0.1, -0.05) is 5.16 Å². The Bertz CT molecular complexity index is 413. The molecule has 0 aromatic carbocycles. The van der Waals surface area contributed by atoms with E-state index < -0.39 is 0 Å². The van der Waals surface area contributed by atoms with Gasteiger partial charge in [0.25, 0.3) is 0 Å². The molecule has 0 saturated carbocycles. The molecule has 0 aliphatic heterocycles. The van der Waals surface area contributed by atoms with Crippen molar-refractivity contribution < 1.29 is 4.52 Å². The average molecular weight is 204 g/mol. The van der Waals surface area contributed by atoms with Crippen LogP contribution in [0.3, 0.4) is 0 Å². The van der Waals surface area contributed by atoms with Crippen LogP contribution in [0.5, 0.6) is 0 Å². The summed E-state index contributed by atoms with van der Waals surface area (Å²) in [5.41, 5.74) is 2.06. The highest BCUT2D eigenvalue weighted by molar-refractivity contribution is 5.42.